The summed E-state index contributed by atoms with van der Waals surface area (Å²) in [4.78, 5) is 32.7. The second kappa shape index (κ2) is 11.3. The molecule has 1 aliphatic carbocycles. The number of carbonyl (C=O) groups is 2. The Morgan fingerprint density at radius 2 is 1.74 bits per heavy atom. The zero-order valence-electron chi connectivity index (χ0n) is 20.4. The molecule has 0 spiro atoms. The number of nitrogens with zero attached hydrogens (tertiary/aromatic N) is 3. The summed E-state index contributed by atoms with van der Waals surface area (Å²) in [5.41, 5.74) is 2.95. The Hall–Kier alpha value is -3.15. The van der Waals surface area contributed by atoms with Gasteiger partial charge in [-0.2, -0.15) is 0 Å². The average molecular weight is 461 g/mol. The highest BCUT2D eigenvalue weighted by molar-refractivity contribution is 5.81. The standard InChI is InChI=1S/C28H36N4O2/c1-21(2)31(19-22-11-5-3-6-12-22)27(33)20-32-25-16-10-9-15-24(25)30-26(32)17-18-29-28(34)23-13-7-4-8-14-23/h3,5-6,9-12,15-16,21,23H,4,7-8,13-14,17-20H2,1-2H3,(H,29,34). The van der Waals surface area contributed by atoms with Gasteiger partial charge in [0.1, 0.15) is 12.4 Å². The van der Waals surface area contributed by atoms with E-state index in [9.17, 15) is 9.59 Å². The van der Waals surface area contributed by atoms with Crippen LogP contribution < -0.4 is 5.32 Å². The van der Waals surface area contributed by atoms with Gasteiger partial charge in [-0.15, -0.1) is 0 Å². The van der Waals surface area contributed by atoms with Gasteiger partial charge in [-0.25, -0.2) is 4.98 Å². The van der Waals surface area contributed by atoms with Gasteiger partial charge >= 0.3 is 0 Å². The number of carbonyl (C=O) groups excluding carboxylic acids is 2. The molecule has 34 heavy (non-hydrogen) atoms. The molecule has 4 rings (SSSR count). The normalized spacial score (nSPS) is 14.4. The van der Waals surface area contributed by atoms with Crippen LogP contribution in [0.4, 0.5) is 0 Å². The molecule has 0 atom stereocenters. The molecule has 180 valence electrons. The van der Waals surface area contributed by atoms with Crippen molar-refractivity contribution >= 4 is 22.8 Å². The van der Waals surface area contributed by atoms with Gasteiger partial charge in [-0.05, 0) is 44.4 Å². The van der Waals surface area contributed by atoms with Crippen molar-refractivity contribution in [2.75, 3.05) is 6.54 Å². The Morgan fingerprint density at radius 1 is 1.03 bits per heavy atom. The van der Waals surface area contributed by atoms with Gasteiger partial charge in [0.15, 0.2) is 0 Å². The Bertz CT molecular complexity index is 1100. The highest BCUT2D eigenvalue weighted by Gasteiger charge is 2.22. The summed E-state index contributed by atoms with van der Waals surface area (Å²) in [6.45, 7) is 5.45. The molecule has 0 radical (unpaired) electrons. The monoisotopic (exact) mass is 460 g/mol. The fraction of sp³-hybridized carbons (Fsp3) is 0.464. The van der Waals surface area contributed by atoms with Crippen molar-refractivity contribution < 1.29 is 9.59 Å². The van der Waals surface area contributed by atoms with Crippen molar-refractivity contribution in [3.05, 3.63) is 66.0 Å². The van der Waals surface area contributed by atoms with Crippen LogP contribution in [0.5, 0.6) is 0 Å². The predicted molar refractivity (Wildman–Crippen MR) is 135 cm³/mol. The van der Waals surface area contributed by atoms with Gasteiger partial charge < -0.3 is 14.8 Å². The molecule has 1 aliphatic rings. The van der Waals surface area contributed by atoms with E-state index in [-0.39, 0.29) is 30.3 Å². The molecule has 1 heterocycles. The molecular weight excluding hydrogens is 424 g/mol. The van der Waals surface area contributed by atoms with Gasteiger partial charge in [0.25, 0.3) is 0 Å². The van der Waals surface area contributed by atoms with Crippen molar-refractivity contribution in [2.24, 2.45) is 5.92 Å². The summed E-state index contributed by atoms with van der Waals surface area (Å²) in [7, 11) is 0. The Kier molecular flexibility index (Phi) is 7.99. The lowest BCUT2D eigenvalue weighted by Crippen LogP contribution is -2.39. The number of imidazole rings is 1. The average Bonchev–Trinajstić information content (AvgIpc) is 3.20. The third-order valence-corrected chi connectivity index (χ3v) is 6.79. The number of hydrogen-bond acceptors (Lipinski definition) is 3. The van der Waals surface area contributed by atoms with Crippen molar-refractivity contribution in [3.63, 3.8) is 0 Å². The summed E-state index contributed by atoms with van der Waals surface area (Å²) < 4.78 is 2.02. The number of hydrogen-bond donors (Lipinski definition) is 1. The molecule has 1 fully saturated rings. The van der Waals surface area contributed by atoms with Crippen LogP contribution in [-0.2, 0) is 29.1 Å². The molecule has 2 amide bonds. The molecule has 1 saturated carbocycles. The maximum absolute atomic E-state index is 13.4. The molecule has 0 saturated heterocycles. The number of aromatic nitrogens is 2. The maximum Gasteiger partial charge on any atom is 0.243 e. The van der Waals surface area contributed by atoms with Crippen LogP contribution >= 0.6 is 0 Å². The Balaban J connectivity index is 1.47. The second-order valence-electron chi connectivity index (χ2n) is 9.58. The molecule has 6 nitrogen and oxygen atoms in total. The summed E-state index contributed by atoms with van der Waals surface area (Å²) in [6.07, 6.45) is 6.10. The van der Waals surface area contributed by atoms with Crippen molar-refractivity contribution in [2.45, 2.75) is 71.5 Å². The lowest BCUT2D eigenvalue weighted by Gasteiger charge is -2.27. The van der Waals surface area contributed by atoms with E-state index in [0.29, 0.717) is 19.5 Å². The van der Waals surface area contributed by atoms with E-state index < -0.39 is 0 Å². The summed E-state index contributed by atoms with van der Waals surface area (Å²) in [6, 6.07) is 18.1. The van der Waals surface area contributed by atoms with E-state index >= 15 is 0 Å². The number of rotatable bonds is 9. The number of benzene rings is 2. The first-order valence-corrected chi connectivity index (χ1v) is 12.6. The van der Waals surface area contributed by atoms with E-state index in [1.54, 1.807) is 0 Å². The highest BCUT2D eigenvalue weighted by Crippen LogP contribution is 2.23. The zero-order chi connectivity index (χ0) is 23.9. The van der Waals surface area contributed by atoms with E-state index in [1.807, 2.05) is 51.9 Å². The minimum absolute atomic E-state index is 0.0643. The van der Waals surface area contributed by atoms with E-state index in [1.165, 1.54) is 6.42 Å². The topological polar surface area (TPSA) is 67.2 Å². The summed E-state index contributed by atoms with van der Waals surface area (Å²) in [5.74, 6) is 1.20. The smallest absolute Gasteiger partial charge is 0.243 e. The first-order valence-electron chi connectivity index (χ1n) is 12.6. The number of nitrogens with one attached hydrogen (secondary N) is 1. The van der Waals surface area contributed by atoms with E-state index in [4.69, 9.17) is 4.98 Å². The lowest BCUT2D eigenvalue weighted by molar-refractivity contribution is -0.134. The summed E-state index contributed by atoms with van der Waals surface area (Å²) in [5, 5.41) is 3.11. The molecule has 6 heteroatoms. The van der Waals surface area contributed by atoms with Crippen molar-refractivity contribution in [1.29, 1.82) is 0 Å². The molecule has 0 bridgehead atoms. The molecule has 0 unspecified atom stereocenters. The van der Waals surface area contributed by atoms with E-state index in [2.05, 4.69) is 31.3 Å². The first kappa shape index (κ1) is 24.0. The SMILES string of the molecule is CC(C)N(Cc1ccccc1)C(=O)Cn1c(CCNC(=O)C2CCCCC2)nc2ccccc21. The van der Waals surface area contributed by atoms with Crippen molar-refractivity contribution in [3.8, 4) is 0 Å². The lowest BCUT2D eigenvalue weighted by atomic mass is 9.89. The Labute approximate surface area is 202 Å². The van der Waals surface area contributed by atoms with Crippen LogP contribution in [-0.4, -0.2) is 38.9 Å². The van der Waals surface area contributed by atoms with Gasteiger partial charge in [0.05, 0.1) is 11.0 Å². The van der Waals surface area contributed by atoms with Crippen LogP contribution in [0.3, 0.4) is 0 Å². The van der Waals surface area contributed by atoms with Gasteiger partial charge in [0, 0.05) is 31.5 Å². The minimum Gasteiger partial charge on any atom is -0.355 e. The minimum atomic E-state index is 0.0643. The molecule has 3 aromatic rings. The van der Waals surface area contributed by atoms with Crippen molar-refractivity contribution in [1.82, 2.24) is 19.8 Å². The quantitative estimate of drug-likeness (QED) is 0.503. The number of amides is 2. The third kappa shape index (κ3) is 5.85. The predicted octanol–water partition coefficient (Wildman–Crippen LogP) is 4.71. The fourth-order valence-corrected chi connectivity index (χ4v) is 4.86. The molecule has 1 aromatic heterocycles. The first-order chi connectivity index (χ1) is 16.5. The van der Waals surface area contributed by atoms with Crippen LogP contribution in [0.1, 0.15) is 57.3 Å². The molecule has 2 aromatic carbocycles. The van der Waals surface area contributed by atoms with Crippen LogP contribution in [0.2, 0.25) is 0 Å². The molecular formula is C28H36N4O2. The van der Waals surface area contributed by atoms with Gasteiger partial charge in [0.2, 0.25) is 11.8 Å². The molecule has 1 N–H and O–H groups in total. The zero-order valence-corrected chi connectivity index (χ0v) is 20.4. The number of para-hydroxylation sites is 2. The second-order valence-corrected chi connectivity index (χ2v) is 9.58. The molecule has 0 aliphatic heterocycles. The fourth-order valence-electron chi connectivity index (χ4n) is 4.86. The largest absolute Gasteiger partial charge is 0.355 e. The summed E-state index contributed by atoms with van der Waals surface area (Å²) >= 11 is 0. The van der Waals surface area contributed by atoms with Crippen LogP contribution in [0.25, 0.3) is 11.0 Å². The van der Waals surface area contributed by atoms with E-state index in [0.717, 1.165) is 48.1 Å². The van der Waals surface area contributed by atoms with Gasteiger partial charge in [-0.1, -0.05) is 61.7 Å². The van der Waals surface area contributed by atoms with Crippen LogP contribution in [0, 0.1) is 5.92 Å². The highest BCUT2D eigenvalue weighted by atomic mass is 16.2. The third-order valence-electron chi connectivity index (χ3n) is 6.79. The Morgan fingerprint density at radius 3 is 2.47 bits per heavy atom. The number of fused-ring (bicyclic) bond motifs is 1. The maximum atomic E-state index is 13.4. The van der Waals surface area contributed by atoms with Crippen LogP contribution in [0.15, 0.2) is 54.6 Å². The van der Waals surface area contributed by atoms with Gasteiger partial charge in [-0.3, -0.25) is 9.59 Å².